The summed E-state index contributed by atoms with van der Waals surface area (Å²) in [6.07, 6.45) is -17.1. The topological polar surface area (TPSA) is 234 Å². The number of hydrogen-bond acceptors (Lipinski definition) is 17. The fourth-order valence-corrected chi connectivity index (χ4v) is 12.8. The average Bonchev–Trinajstić information content (AvgIpc) is 1.53. The summed E-state index contributed by atoms with van der Waals surface area (Å²) in [6.45, 7) is 10.7. The second kappa shape index (κ2) is 31.2. The number of amides is 4. The number of rotatable bonds is 17. The SMILES string of the molecule is C=CN(C=O)C(=O)c1ccc(C2=NO[C@@](c3cc(Cl)c(F)c(Cl)c3)(C(F)(F)F)C2)cc1C.CC(=O)C1=NOC(CC(=O)c2ccc(C3=NO[C@@](c4cc(Cl)c(F)c(Cl)c4)(C(F)(F)F)C3)cc2C)C1.CC(=O)C1=NOC(N(C=O)C(=O)c2ccc(C3=NO[C@@](c4cc(Cl)c(F)c(Cl)c4)(C(F)(F)F)C3)cc2C)C1. The number of carbonyl (C=O) groups excluding carboxylic acids is 7. The fourth-order valence-electron chi connectivity index (χ4n) is 11.3. The zero-order valence-electron chi connectivity index (χ0n) is 54.8. The average molecular weight is 1610 g/mol. The third-order valence-corrected chi connectivity index (χ3v) is 18.8. The van der Waals surface area contributed by atoms with E-state index in [1.165, 1.54) is 75.4 Å². The van der Waals surface area contributed by atoms with Crippen molar-refractivity contribution in [2.45, 2.75) is 121 Å². The lowest BCUT2D eigenvalue weighted by molar-refractivity contribution is -0.276. The van der Waals surface area contributed by atoms with Crippen LogP contribution in [0.5, 0.6) is 0 Å². The van der Waals surface area contributed by atoms with Crippen molar-refractivity contribution in [1.29, 1.82) is 0 Å². The number of carbonyl (C=O) groups is 7. The van der Waals surface area contributed by atoms with Crippen LogP contribution in [0.1, 0.15) is 134 Å². The summed E-state index contributed by atoms with van der Waals surface area (Å²) in [4.78, 5) is 110. The van der Waals surface area contributed by atoms with E-state index in [1.54, 1.807) is 13.8 Å². The molecule has 0 bridgehead atoms. The monoisotopic (exact) mass is 1610 g/mol. The van der Waals surface area contributed by atoms with Crippen LogP contribution >= 0.6 is 69.6 Å². The first-order valence-electron chi connectivity index (χ1n) is 30.5. The van der Waals surface area contributed by atoms with E-state index >= 15 is 0 Å². The van der Waals surface area contributed by atoms with Crippen molar-refractivity contribution >= 4 is 140 Å². The van der Waals surface area contributed by atoms with E-state index in [0.717, 1.165) is 52.4 Å². The van der Waals surface area contributed by atoms with E-state index in [1.807, 2.05) is 0 Å². The number of nitrogens with zero attached hydrogens (tertiary/aromatic N) is 7. The molecule has 4 amide bonds. The molecule has 0 fully saturated rings. The number of oxime groups is 5. The van der Waals surface area contributed by atoms with Gasteiger partial charge in [-0.15, -0.1) is 0 Å². The third-order valence-electron chi connectivity index (χ3n) is 17.2. The first kappa shape index (κ1) is 80.7. The molecule has 0 radical (unpaired) electrons. The Labute approximate surface area is 621 Å². The van der Waals surface area contributed by atoms with Gasteiger partial charge < -0.3 is 24.2 Å². The van der Waals surface area contributed by atoms with Gasteiger partial charge >= 0.3 is 18.5 Å². The lowest BCUT2D eigenvalue weighted by Crippen LogP contribution is -2.42. The first-order valence-corrected chi connectivity index (χ1v) is 32.7. The Morgan fingerprint density at radius 1 is 0.491 bits per heavy atom. The number of aryl methyl sites for hydroxylation is 3. The Kier molecular flexibility index (Phi) is 23.7. The Morgan fingerprint density at radius 2 is 0.821 bits per heavy atom. The molecule has 106 heavy (non-hydrogen) atoms. The van der Waals surface area contributed by atoms with Crippen molar-refractivity contribution in [3.05, 3.63) is 218 Å². The summed E-state index contributed by atoms with van der Waals surface area (Å²) < 4.78 is 169. The van der Waals surface area contributed by atoms with Crippen molar-refractivity contribution in [1.82, 2.24) is 9.80 Å². The van der Waals surface area contributed by atoms with Crippen LogP contribution in [-0.2, 0) is 60.2 Å². The largest absolute Gasteiger partial charge is 0.435 e. The fraction of sp³-hybridized carbons (Fsp3) is 0.275. The highest BCUT2D eigenvalue weighted by molar-refractivity contribution is 6.40. The Balaban J connectivity index is 0.000000185. The lowest BCUT2D eigenvalue weighted by Gasteiger charge is -2.29. The van der Waals surface area contributed by atoms with Gasteiger partial charge in [0.05, 0.1) is 60.1 Å². The quantitative estimate of drug-likeness (QED) is 0.0359. The number of benzene rings is 6. The van der Waals surface area contributed by atoms with E-state index in [2.05, 4.69) is 32.4 Å². The van der Waals surface area contributed by atoms with Crippen molar-refractivity contribution < 1.29 is 110 Å². The molecule has 5 aliphatic rings. The van der Waals surface area contributed by atoms with Crippen LogP contribution in [0.3, 0.4) is 0 Å². The molecule has 0 saturated carbocycles. The minimum absolute atomic E-state index is 0.0200. The van der Waals surface area contributed by atoms with Gasteiger partial charge in [-0.1, -0.05) is 126 Å². The minimum atomic E-state index is -4.99. The van der Waals surface area contributed by atoms with Gasteiger partial charge in [0, 0.05) is 79.1 Å². The molecule has 5 aliphatic heterocycles. The second-order valence-electron chi connectivity index (χ2n) is 24.1. The standard InChI is InChI=1S/C24H17Cl2F4N3O5.C24H18Cl2F4N2O4.C21H14Cl2F4N2O3/c1-11-5-13(3-4-15(11)22(36)33(10-34)20-8-18(12(2)35)31-37-20)19-9-23(38-32-19,24(28,29)30)14-6-16(25)21(27)17(26)7-14;1-11-5-13(3-4-16(11)21(34)9-15-8-19(12(2)33)31-35-15)20-10-23(36-32-20,24(28,29)30)14-6-17(25)22(27)18(26)7-14;1-3-29(10-30)19(31)14-5-4-12(6-11(14)2)17-9-20(32-28-17,21(25,26)27)13-7-15(22)18(24)16(23)8-13/h3-7,10,20H,8-9H2,1-2H3;3-7,15H,8-10H2,1-2H3;3-8,10H,1,9H2,2H3/t20?,23-;15?,23-;20-/m000/s1. The molecule has 0 aromatic heterocycles. The van der Waals surface area contributed by atoms with Gasteiger partial charge in [-0.05, 0) is 121 Å². The molecule has 0 saturated heterocycles. The van der Waals surface area contributed by atoms with Crippen LogP contribution in [0.4, 0.5) is 52.7 Å². The number of hydrogen-bond donors (Lipinski definition) is 0. The molecule has 0 aliphatic carbocycles. The van der Waals surface area contributed by atoms with Crippen LogP contribution in [-0.4, -0.2) is 111 Å². The van der Waals surface area contributed by atoms with Gasteiger partial charge in [0.1, 0.15) is 17.5 Å². The van der Waals surface area contributed by atoms with Crippen molar-refractivity contribution in [2.24, 2.45) is 25.8 Å². The molecule has 6 aromatic carbocycles. The Hall–Kier alpha value is -9.40. The van der Waals surface area contributed by atoms with Gasteiger partial charge in [-0.3, -0.25) is 38.5 Å². The highest BCUT2D eigenvalue weighted by Gasteiger charge is 2.65. The van der Waals surface area contributed by atoms with Gasteiger partial charge in [0.25, 0.3) is 28.6 Å². The van der Waals surface area contributed by atoms with Crippen LogP contribution in [0.25, 0.3) is 0 Å². The molecule has 5 atom stereocenters. The molecular weight excluding hydrogens is 1560 g/mol. The molecule has 11 rings (SSSR count). The Bertz CT molecular complexity index is 4750. The normalized spacial score (nSPS) is 20.2. The zero-order valence-corrected chi connectivity index (χ0v) is 59.4. The van der Waals surface area contributed by atoms with Crippen LogP contribution < -0.4 is 0 Å². The van der Waals surface area contributed by atoms with Crippen molar-refractivity contribution in [2.75, 3.05) is 0 Å². The number of imide groups is 2. The summed E-state index contributed by atoms with van der Waals surface area (Å²) in [5.74, 6) is -5.44. The van der Waals surface area contributed by atoms with E-state index in [9.17, 15) is 86.2 Å². The molecule has 0 spiro atoms. The van der Waals surface area contributed by atoms with Gasteiger partial charge in [-0.25, -0.2) is 18.1 Å². The second-order valence-corrected chi connectivity index (χ2v) is 26.5. The summed E-state index contributed by atoms with van der Waals surface area (Å²) in [6, 6.07) is 17.5. The molecule has 19 nitrogen and oxygen atoms in total. The summed E-state index contributed by atoms with van der Waals surface area (Å²) in [7, 11) is 0. The molecule has 0 N–H and O–H groups in total. The number of alkyl halides is 9. The smallest absolute Gasteiger partial charge is 0.391 e. The highest BCUT2D eigenvalue weighted by Crippen LogP contribution is 2.53. The van der Waals surface area contributed by atoms with Crippen molar-refractivity contribution in [3.63, 3.8) is 0 Å². The summed E-state index contributed by atoms with van der Waals surface area (Å²) in [5, 5.41) is 14.6. The van der Waals surface area contributed by atoms with Gasteiger partial charge in [0.15, 0.2) is 34.8 Å². The predicted molar refractivity (Wildman–Crippen MR) is 362 cm³/mol. The third kappa shape index (κ3) is 16.0. The number of halogens is 18. The lowest BCUT2D eigenvalue weighted by atomic mass is 9.86. The molecule has 37 heteroatoms. The summed E-state index contributed by atoms with van der Waals surface area (Å²) in [5.41, 5.74) is -7.66. The minimum Gasteiger partial charge on any atom is -0.391 e. The molecule has 6 aromatic rings. The number of ketones is 3. The maximum atomic E-state index is 14.3. The van der Waals surface area contributed by atoms with Crippen LogP contribution in [0.15, 0.2) is 130 Å². The van der Waals surface area contributed by atoms with E-state index in [0.29, 0.717) is 27.8 Å². The Morgan fingerprint density at radius 3 is 1.11 bits per heavy atom. The predicted octanol–water partition coefficient (Wildman–Crippen LogP) is 17.4. The number of Topliss-reactive ketones (excluding diaryl/α,β-unsaturated/α-hetero) is 3. The van der Waals surface area contributed by atoms with Crippen LogP contribution in [0, 0.1) is 38.2 Å². The maximum Gasteiger partial charge on any atom is 0.435 e. The van der Waals surface area contributed by atoms with Crippen LogP contribution in [0.2, 0.25) is 30.1 Å². The molecule has 558 valence electrons. The highest BCUT2D eigenvalue weighted by atomic mass is 35.5. The van der Waals surface area contributed by atoms with Gasteiger partial charge in [-0.2, -0.15) is 39.5 Å². The van der Waals surface area contributed by atoms with E-state index in [4.69, 9.17) is 93.8 Å². The summed E-state index contributed by atoms with van der Waals surface area (Å²) >= 11 is 34.3. The maximum absolute atomic E-state index is 14.3. The zero-order chi connectivity index (χ0) is 78.2. The van der Waals surface area contributed by atoms with E-state index < -0.39 is 143 Å². The van der Waals surface area contributed by atoms with E-state index in [-0.39, 0.29) is 100 Å². The molecule has 2 unspecified atom stereocenters. The first-order chi connectivity index (χ1) is 49.5. The van der Waals surface area contributed by atoms with Crippen molar-refractivity contribution in [3.8, 4) is 0 Å². The molecule has 5 heterocycles. The molecular formula is C69H49Cl6F12N7O12. The van der Waals surface area contributed by atoms with Gasteiger partial charge in [0.2, 0.25) is 19.0 Å².